The van der Waals surface area contributed by atoms with E-state index in [0.717, 1.165) is 17.7 Å². The summed E-state index contributed by atoms with van der Waals surface area (Å²) in [4.78, 5) is 25.4. The third kappa shape index (κ3) is 5.27. The summed E-state index contributed by atoms with van der Waals surface area (Å²) >= 11 is 1.18. The summed E-state index contributed by atoms with van der Waals surface area (Å²) in [7, 11) is -3.44. The van der Waals surface area contributed by atoms with E-state index in [0.29, 0.717) is 28.5 Å². The van der Waals surface area contributed by atoms with Crippen LogP contribution in [0.15, 0.2) is 40.6 Å². The molecule has 1 aromatic heterocycles. The van der Waals surface area contributed by atoms with Crippen LogP contribution in [0.3, 0.4) is 0 Å². The second-order valence-electron chi connectivity index (χ2n) is 8.30. The third-order valence-electron chi connectivity index (χ3n) is 4.78. The topological polar surface area (TPSA) is 95.6 Å². The molecule has 3 rings (SSSR count). The fourth-order valence-corrected chi connectivity index (χ4v) is 5.94. The zero-order chi connectivity index (χ0) is 21.9. The number of hydrogen-bond donors (Lipinski definition) is 2. The molecule has 0 aliphatic carbocycles. The Bertz CT molecular complexity index is 1030. The van der Waals surface area contributed by atoms with Crippen molar-refractivity contribution in [2.45, 2.75) is 44.4 Å². The van der Waals surface area contributed by atoms with Gasteiger partial charge in [0.05, 0.1) is 6.54 Å². The second-order valence-corrected chi connectivity index (χ2v) is 11.6. The van der Waals surface area contributed by atoms with Crippen LogP contribution in [0.4, 0.5) is 5.69 Å². The molecule has 0 atom stereocenters. The van der Waals surface area contributed by atoms with Crippen LogP contribution in [0.1, 0.15) is 48.8 Å². The first-order valence-corrected chi connectivity index (χ1v) is 12.1. The highest BCUT2D eigenvalue weighted by Crippen LogP contribution is 2.27. The van der Waals surface area contributed by atoms with Crippen molar-refractivity contribution < 1.29 is 18.0 Å². The number of nitrogens with one attached hydrogen (secondary N) is 2. The van der Waals surface area contributed by atoms with E-state index in [2.05, 4.69) is 10.6 Å². The van der Waals surface area contributed by atoms with Crippen molar-refractivity contribution in [3.8, 4) is 0 Å². The Balaban J connectivity index is 1.62. The number of carbonyl (C=O) groups excluding carboxylic acids is 2. The molecule has 0 unspecified atom stereocenters. The first-order chi connectivity index (χ1) is 14.1. The van der Waals surface area contributed by atoms with Gasteiger partial charge in [-0.25, -0.2) is 8.42 Å². The molecule has 1 aromatic carbocycles. The zero-order valence-electron chi connectivity index (χ0n) is 17.4. The molecule has 0 spiro atoms. The Morgan fingerprint density at radius 2 is 1.80 bits per heavy atom. The van der Waals surface area contributed by atoms with Gasteiger partial charge in [0, 0.05) is 34.6 Å². The lowest BCUT2D eigenvalue weighted by atomic mass is 9.95. The van der Waals surface area contributed by atoms with Crippen molar-refractivity contribution in [2.75, 3.05) is 18.4 Å². The predicted octanol–water partition coefficient (Wildman–Crippen LogP) is 3.45. The van der Waals surface area contributed by atoms with Gasteiger partial charge in [0.1, 0.15) is 4.21 Å². The quantitative estimate of drug-likeness (QED) is 0.706. The molecular formula is C21H27N3O4S2. The first kappa shape index (κ1) is 22.5. The van der Waals surface area contributed by atoms with E-state index < -0.39 is 15.4 Å². The Hall–Kier alpha value is -2.23. The van der Waals surface area contributed by atoms with E-state index in [1.807, 2.05) is 20.8 Å². The molecule has 1 aliphatic heterocycles. The van der Waals surface area contributed by atoms with E-state index in [1.165, 1.54) is 15.6 Å². The normalized spacial score (nSPS) is 15.2. The highest BCUT2D eigenvalue weighted by atomic mass is 32.2. The van der Waals surface area contributed by atoms with Crippen LogP contribution in [0.25, 0.3) is 0 Å². The van der Waals surface area contributed by atoms with Crippen molar-refractivity contribution in [2.24, 2.45) is 5.41 Å². The van der Waals surface area contributed by atoms with Crippen LogP contribution in [0, 0.1) is 5.41 Å². The molecule has 2 N–H and O–H groups in total. The van der Waals surface area contributed by atoms with E-state index in [1.54, 1.807) is 36.4 Å². The molecule has 0 saturated carbocycles. The van der Waals surface area contributed by atoms with Crippen LogP contribution in [0.2, 0.25) is 0 Å². The van der Waals surface area contributed by atoms with Gasteiger partial charge in [-0.1, -0.05) is 26.8 Å². The molecule has 7 nitrogen and oxygen atoms in total. The van der Waals surface area contributed by atoms with Crippen LogP contribution < -0.4 is 10.6 Å². The minimum Gasteiger partial charge on any atom is -0.347 e. The maximum Gasteiger partial charge on any atom is 0.252 e. The van der Waals surface area contributed by atoms with Crippen molar-refractivity contribution >= 4 is 38.9 Å². The van der Waals surface area contributed by atoms with E-state index in [9.17, 15) is 18.0 Å². The van der Waals surface area contributed by atoms with Crippen molar-refractivity contribution in [3.05, 3.63) is 46.8 Å². The van der Waals surface area contributed by atoms with Crippen LogP contribution >= 0.6 is 11.3 Å². The SMILES string of the molecule is CC(C)(C)C(=O)Nc1cccc(C(=O)NCc2ccc(S(=O)(=O)N3CCCC3)s2)c1. The van der Waals surface area contributed by atoms with Gasteiger partial charge in [0.25, 0.3) is 15.9 Å². The Morgan fingerprint density at radius 1 is 1.10 bits per heavy atom. The largest absolute Gasteiger partial charge is 0.347 e. The monoisotopic (exact) mass is 449 g/mol. The number of hydrogen-bond acceptors (Lipinski definition) is 5. The minimum absolute atomic E-state index is 0.134. The van der Waals surface area contributed by atoms with Gasteiger partial charge in [-0.15, -0.1) is 11.3 Å². The van der Waals surface area contributed by atoms with Gasteiger partial charge in [0.15, 0.2) is 0 Å². The highest BCUT2D eigenvalue weighted by Gasteiger charge is 2.28. The fourth-order valence-electron chi connectivity index (χ4n) is 2.97. The summed E-state index contributed by atoms with van der Waals surface area (Å²) in [6.07, 6.45) is 1.78. The first-order valence-electron chi connectivity index (χ1n) is 9.86. The van der Waals surface area contributed by atoms with Gasteiger partial charge in [-0.3, -0.25) is 9.59 Å². The second kappa shape index (κ2) is 8.87. The Kier molecular flexibility index (Phi) is 6.64. The van der Waals surface area contributed by atoms with Gasteiger partial charge < -0.3 is 10.6 Å². The Labute approximate surface area is 181 Å². The van der Waals surface area contributed by atoms with Crippen LogP contribution in [-0.2, 0) is 21.4 Å². The average molecular weight is 450 g/mol. The zero-order valence-corrected chi connectivity index (χ0v) is 19.0. The molecule has 2 amide bonds. The molecule has 1 saturated heterocycles. The standard InChI is InChI=1S/C21H27N3O4S2/c1-21(2,3)20(26)23-16-8-6-7-15(13-16)19(25)22-14-17-9-10-18(29-17)30(27,28)24-11-4-5-12-24/h6-10,13H,4-5,11-12,14H2,1-3H3,(H,22,25)(H,23,26). The molecule has 0 bridgehead atoms. The maximum absolute atomic E-state index is 12.6. The molecule has 0 radical (unpaired) electrons. The predicted molar refractivity (Wildman–Crippen MR) is 118 cm³/mol. The number of anilines is 1. The summed E-state index contributed by atoms with van der Waals surface area (Å²) in [6.45, 7) is 6.81. The van der Waals surface area contributed by atoms with Crippen molar-refractivity contribution in [3.63, 3.8) is 0 Å². The summed E-state index contributed by atoms with van der Waals surface area (Å²) in [5, 5.41) is 5.62. The molecule has 162 valence electrons. The minimum atomic E-state index is -3.44. The lowest BCUT2D eigenvalue weighted by Gasteiger charge is -2.18. The average Bonchev–Trinajstić information content (AvgIpc) is 3.38. The summed E-state index contributed by atoms with van der Waals surface area (Å²) < 4.78 is 27.1. The molecular weight excluding hydrogens is 422 g/mol. The van der Waals surface area contributed by atoms with Gasteiger partial charge >= 0.3 is 0 Å². The highest BCUT2D eigenvalue weighted by molar-refractivity contribution is 7.91. The van der Waals surface area contributed by atoms with Crippen LogP contribution in [0.5, 0.6) is 0 Å². The van der Waals surface area contributed by atoms with E-state index in [4.69, 9.17) is 0 Å². The summed E-state index contributed by atoms with van der Waals surface area (Å²) in [6, 6.07) is 10.1. The van der Waals surface area contributed by atoms with Crippen molar-refractivity contribution in [1.82, 2.24) is 9.62 Å². The number of thiophene rings is 1. The van der Waals surface area contributed by atoms with Gasteiger partial charge in [-0.05, 0) is 43.2 Å². The maximum atomic E-state index is 12.6. The molecule has 1 fully saturated rings. The molecule has 2 aromatic rings. The number of nitrogens with zero attached hydrogens (tertiary/aromatic N) is 1. The molecule has 30 heavy (non-hydrogen) atoms. The number of amides is 2. The van der Waals surface area contributed by atoms with Gasteiger partial charge in [0.2, 0.25) is 5.91 Å². The number of benzene rings is 1. The molecule has 2 heterocycles. The number of carbonyl (C=O) groups is 2. The number of rotatable bonds is 6. The molecule has 1 aliphatic rings. The smallest absolute Gasteiger partial charge is 0.252 e. The summed E-state index contributed by atoms with van der Waals surface area (Å²) in [5.41, 5.74) is 0.436. The van der Waals surface area contributed by atoms with E-state index in [-0.39, 0.29) is 18.4 Å². The summed E-state index contributed by atoms with van der Waals surface area (Å²) in [5.74, 6) is -0.426. The lowest BCUT2D eigenvalue weighted by Crippen LogP contribution is -2.28. The number of sulfonamides is 1. The Morgan fingerprint density at radius 3 is 2.47 bits per heavy atom. The lowest BCUT2D eigenvalue weighted by molar-refractivity contribution is -0.123. The third-order valence-corrected chi connectivity index (χ3v) is 8.23. The fraction of sp³-hybridized carbons (Fsp3) is 0.429. The van der Waals surface area contributed by atoms with Crippen LogP contribution in [-0.4, -0.2) is 37.6 Å². The van der Waals surface area contributed by atoms with E-state index >= 15 is 0 Å². The molecule has 9 heteroatoms. The van der Waals surface area contributed by atoms with Crippen molar-refractivity contribution in [1.29, 1.82) is 0 Å². The van der Waals surface area contributed by atoms with Gasteiger partial charge in [-0.2, -0.15) is 4.31 Å².